The molecule has 1 saturated carbocycles. The quantitative estimate of drug-likeness (QED) is 0.174. The molecule has 20 heteroatoms. The van der Waals surface area contributed by atoms with Gasteiger partial charge in [-0.3, -0.25) is 38.3 Å². The van der Waals surface area contributed by atoms with Crippen molar-refractivity contribution in [2.24, 2.45) is 18.4 Å². The minimum absolute atomic E-state index is 0.0517. The fourth-order valence-electron chi connectivity index (χ4n) is 12.1. The van der Waals surface area contributed by atoms with Crippen LogP contribution < -0.4 is 21.2 Å². The van der Waals surface area contributed by atoms with E-state index in [9.17, 15) is 32.8 Å². The number of halogens is 2. The lowest BCUT2D eigenvalue weighted by Gasteiger charge is -2.47. The highest BCUT2D eigenvalue weighted by molar-refractivity contribution is 6.08. The third kappa shape index (κ3) is 8.15. The van der Waals surface area contributed by atoms with Crippen molar-refractivity contribution >= 4 is 51.8 Å². The Morgan fingerprint density at radius 3 is 2.49 bits per heavy atom. The van der Waals surface area contributed by atoms with E-state index in [4.69, 9.17) is 9.72 Å². The number of anilines is 2. The van der Waals surface area contributed by atoms with Crippen LogP contribution in [0.4, 0.5) is 20.3 Å². The molecular formula is C48H58F2N12O6. The number of imidazole rings is 1. The van der Waals surface area contributed by atoms with Gasteiger partial charge in [-0.1, -0.05) is 12.1 Å². The molecule has 11 rings (SSSR count). The molecule has 4 amide bonds. The Bertz CT molecular complexity index is 2830. The molecule has 1 unspecified atom stereocenters. The van der Waals surface area contributed by atoms with Gasteiger partial charge in [0.05, 0.1) is 47.7 Å². The number of aryl methyl sites for hydroxylation is 2. The number of alkyl halides is 2. The Morgan fingerprint density at radius 2 is 1.76 bits per heavy atom. The molecule has 18 nitrogen and oxygen atoms in total. The first-order valence-electron chi connectivity index (χ1n) is 24.4. The number of ether oxygens (including phenoxy) is 1. The highest BCUT2D eigenvalue weighted by Crippen LogP contribution is 2.43. The van der Waals surface area contributed by atoms with Crippen molar-refractivity contribution in [3.8, 4) is 0 Å². The number of aromatic nitrogens is 7. The van der Waals surface area contributed by atoms with Gasteiger partial charge in [-0.2, -0.15) is 10.2 Å². The van der Waals surface area contributed by atoms with Gasteiger partial charge in [0.15, 0.2) is 11.3 Å². The summed E-state index contributed by atoms with van der Waals surface area (Å²) in [5, 5.41) is 13.6. The number of carbonyl (C=O) groups excluding carboxylic acids is 4. The minimum Gasteiger partial charge on any atom is -0.374 e. The molecule has 5 saturated heterocycles. The SMILES string of the molecule is Cn1c(=O)n(C2CCC(=O)NC2=O)c2cccc(CCCN3CCC4(CC3)CCN(C(=O)C3CCC(n5cc(NC(=O)c6cnn7ccc(N8C[C@H]9C[C@@H]8CO9)nc67)c(C(F)F)n5)CC3)CC4)c21. The Labute approximate surface area is 390 Å². The molecule has 1 aromatic carbocycles. The number of fused-ring (bicyclic) bond motifs is 4. The van der Waals surface area contributed by atoms with E-state index in [1.807, 2.05) is 23.1 Å². The average molecular weight is 937 g/mol. The van der Waals surface area contributed by atoms with Crippen LogP contribution in [0.1, 0.15) is 117 Å². The molecule has 1 aliphatic carbocycles. The van der Waals surface area contributed by atoms with Crippen LogP contribution in [0.5, 0.6) is 0 Å². The Kier molecular flexibility index (Phi) is 11.7. The van der Waals surface area contributed by atoms with Crippen LogP contribution in [0.25, 0.3) is 16.7 Å². The number of benzene rings is 1. The van der Waals surface area contributed by atoms with E-state index in [0.717, 1.165) is 101 Å². The molecule has 2 N–H and O–H groups in total. The average Bonchev–Trinajstić information content (AvgIpc) is 4.20. The first-order valence-corrected chi connectivity index (χ1v) is 24.4. The van der Waals surface area contributed by atoms with Crippen LogP contribution in [-0.2, 0) is 32.6 Å². The van der Waals surface area contributed by atoms with Crippen molar-refractivity contribution in [3.63, 3.8) is 0 Å². The number of nitrogens with one attached hydrogen (secondary N) is 2. The smallest absolute Gasteiger partial charge is 0.329 e. The Hall–Kier alpha value is -6.02. The minimum atomic E-state index is -2.90. The molecule has 5 aliphatic heterocycles. The summed E-state index contributed by atoms with van der Waals surface area (Å²) in [7, 11) is 1.74. The van der Waals surface area contributed by atoms with Crippen molar-refractivity contribution in [3.05, 3.63) is 70.2 Å². The molecule has 3 atom stereocenters. The summed E-state index contributed by atoms with van der Waals surface area (Å²) in [6, 6.07) is 7.07. The third-order valence-corrected chi connectivity index (χ3v) is 16.1. The largest absolute Gasteiger partial charge is 0.374 e. The fraction of sp³-hybridized carbons (Fsp3) is 0.583. The number of amides is 4. The molecule has 9 heterocycles. The van der Waals surface area contributed by atoms with Gasteiger partial charge in [-0.25, -0.2) is 23.1 Å². The van der Waals surface area contributed by atoms with E-state index in [0.29, 0.717) is 49.9 Å². The number of piperidine rings is 3. The van der Waals surface area contributed by atoms with Gasteiger partial charge in [0.25, 0.3) is 12.3 Å². The van der Waals surface area contributed by atoms with Crippen LogP contribution in [0.15, 0.2) is 47.7 Å². The van der Waals surface area contributed by atoms with E-state index in [1.165, 1.54) is 16.9 Å². The van der Waals surface area contributed by atoms with E-state index in [1.54, 1.807) is 27.1 Å². The number of para-hydroxylation sites is 1. The van der Waals surface area contributed by atoms with E-state index in [2.05, 4.69) is 36.7 Å². The lowest BCUT2D eigenvalue weighted by molar-refractivity contribution is -0.140. The van der Waals surface area contributed by atoms with Gasteiger partial charge in [0, 0.05) is 51.4 Å². The normalized spacial score (nSPS) is 25.3. The predicted octanol–water partition coefficient (Wildman–Crippen LogP) is 4.79. The van der Waals surface area contributed by atoms with Crippen molar-refractivity contribution in [1.82, 2.24) is 48.6 Å². The lowest BCUT2D eigenvalue weighted by atomic mass is 9.71. The molecule has 5 aromatic rings. The molecule has 6 aliphatic rings. The van der Waals surface area contributed by atoms with Gasteiger partial charge in [0.2, 0.25) is 17.7 Å². The first-order chi connectivity index (χ1) is 32.9. The van der Waals surface area contributed by atoms with E-state index >= 15 is 0 Å². The summed E-state index contributed by atoms with van der Waals surface area (Å²) in [6.45, 7) is 5.81. The van der Waals surface area contributed by atoms with E-state index < -0.39 is 30.0 Å². The fourth-order valence-corrected chi connectivity index (χ4v) is 12.1. The summed E-state index contributed by atoms with van der Waals surface area (Å²) in [4.78, 5) is 76.8. The molecule has 0 radical (unpaired) electrons. The maximum Gasteiger partial charge on any atom is 0.329 e. The monoisotopic (exact) mass is 936 g/mol. The number of hydrogen-bond acceptors (Lipinski definition) is 11. The molecule has 6 fully saturated rings. The number of rotatable bonds is 11. The topological polar surface area (TPSA) is 186 Å². The zero-order chi connectivity index (χ0) is 46.8. The number of morpholine rings is 1. The lowest BCUT2D eigenvalue weighted by Crippen LogP contribution is -2.49. The summed E-state index contributed by atoms with van der Waals surface area (Å²) < 4.78 is 40.7. The second kappa shape index (κ2) is 17.8. The molecule has 68 heavy (non-hydrogen) atoms. The standard InChI is InChI=1S/C48H58F2N12O6/c1-56-41-29(4-2-6-36(41)62(47(56)67)37-11-12-39(63)54-45(37)65)5-3-18-57-20-14-48(15-21-57)16-22-58(23-17-48)46(66)30-7-9-31(10-8-30)61-27-35(40(55-61)42(49)50)52-44(64)34-25-51-60-19-13-38(53-43(34)60)59-26-33-24-32(59)28-68-33/h2,4,6,13,19,25,27,30-33,37,42H,3,5,7-12,14-18,20-24,26,28H2,1H3,(H,52,64)(H,54,63,65)/t30?,31?,32-,33-,37?/m1/s1. The van der Waals surface area contributed by atoms with Crippen molar-refractivity contribution in [2.75, 3.05) is 56.1 Å². The summed E-state index contributed by atoms with van der Waals surface area (Å²) >= 11 is 0. The molecule has 360 valence electrons. The number of hydrogen-bond donors (Lipinski definition) is 2. The summed E-state index contributed by atoms with van der Waals surface area (Å²) in [6.07, 6.45) is 11.8. The molecule has 1 spiro atoms. The zero-order valence-electron chi connectivity index (χ0n) is 38.3. The van der Waals surface area contributed by atoms with Crippen LogP contribution in [0, 0.1) is 11.3 Å². The van der Waals surface area contributed by atoms with Crippen LogP contribution in [0.3, 0.4) is 0 Å². The van der Waals surface area contributed by atoms with E-state index in [-0.39, 0.29) is 64.7 Å². The number of likely N-dealkylation sites (tertiary alicyclic amines) is 2. The molecular weight excluding hydrogens is 879 g/mol. The highest BCUT2D eigenvalue weighted by atomic mass is 19.3. The molecule has 2 bridgehead atoms. The van der Waals surface area contributed by atoms with Crippen molar-refractivity contribution < 1.29 is 32.7 Å². The highest BCUT2D eigenvalue weighted by Gasteiger charge is 2.42. The first kappa shape index (κ1) is 44.5. The second-order valence-electron chi connectivity index (χ2n) is 20.0. The number of imide groups is 1. The predicted molar refractivity (Wildman–Crippen MR) is 245 cm³/mol. The zero-order valence-corrected chi connectivity index (χ0v) is 38.3. The molecule has 4 aromatic heterocycles. The Morgan fingerprint density at radius 1 is 0.985 bits per heavy atom. The van der Waals surface area contributed by atoms with Gasteiger partial charge in [-0.05, 0) is 120 Å². The maximum atomic E-state index is 14.4. The number of carbonyl (C=O) groups is 4. The van der Waals surface area contributed by atoms with Crippen molar-refractivity contribution in [2.45, 2.75) is 114 Å². The van der Waals surface area contributed by atoms with Crippen LogP contribution in [-0.4, -0.2) is 125 Å². The van der Waals surface area contributed by atoms with Crippen LogP contribution in [0.2, 0.25) is 0 Å². The second-order valence-corrected chi connectivity index (χ2v) is 20.0. The van der Waals surface area contributed by atoms with Gasteiger partial charge in [-0.15, -0.1) is 0 Å². The van der Waals surface area contributed by atoms with Crippen LogP contribution >= 0.6 is 0 Å². The maximum absolute atomic E-state index is 14.4. The summed E-state index contributed by atoms with van der Waals surface area (Å²) in [5.74, 6) is -0.553. The summed E-state index contributed by atoms with van der Waals surface area (Å²) in [5.41, 5.74) is 2.56. The third-order valence-electron chi connectivity index (χ3n) is 16.1. The number of nitrogens with zero attached hydrogens (tertiary/aromatic N) is 10. The Balaban J connectivity index is 0.646. The van der Waals surface area contributed by atoms with Gasteiger partial charge < -0.3 is 24.8 Å². The van der Waals surface area contributed by atoms with Crippen molar-refractivity contribution in [1.29, 1.82) is 0 Å². The van der Waals surface area contributed by atoms with Gasteiger partial charge >= 0.3 is 5.69 Å². The van der Waals surface area contributed by atoms with Gasteiger partial charge in [0.1, 0.15) is 17.4 Å².